The highest BCUT2D eigenvalue weighted by atomic mass is 19.4. The lowest BCUT2D eigenvalue weighted by Gasteiger charge is -2.14. The number of nitrogens with zero attached hydrogens (tertiary/aromatic N) is 1. The quantitative estimate of drug-likeness (QED) is 0.580. The predicted molar refractivity (Wildman–Crippen MR) is 51.1 cm³/mol. The number of alkyl halides is 3. The molecular weight excluding hydrogens is 226 g/mol. The first-order valence-corrected chi connectivity index (χ1v) is 4.31. The van der Waals surface area contributed by atoms with Gasteiger partial charge in [0.2, 0.25) is 0 Å². The van der Waals surface area contributed by atoms with E-state index in [0.29, 0.717) is 6.07 Å². The van der Waals surface area contributed by atoms with Crippen molar-refractivity contribution in [2.24, 2.45) is 0 Å². The van der Waals surface area contributed by atoms with E-state index in [4.69, 9.17) is 0 Å². The number of Topliss-reactive ketones (excluding diaryl/α,β-unsaturated/α-hetero) is 1. The van der Waals surface area contributed by atoms with Gasteiger partial charge in [-0.05, 0) is 18.2 Å². The highest BCUT2D eigenvalue weighted by molar-refractivity contribution is 6.00. The zero-order chi connectivity index (χ0) is 12.5. The first kappa shape index (κ1) is 12.5. The fraction of sp³-hybridized carbons (Fsp3) is 0.300. The third kappa shape index (κ3) is 2.71. The van der Waals surface area contributed by atoms with Crippen LogP contribution in [0, 0.1) is 5.82 Å². The van der Waals surface area contributed by atoms with E-state index >= 15 is 0 Å². The molecule has 0 aromatic heterocycles. The molecule has 2 nitrogen and oxygen atoms in total. The summed E-state index contributed by atoms with van der Waals surface area (Å²) in [5, 5.41) is 0. The smallest absolute Gasteiger partial charge is 0.378 e. The van der Waals surface area contributed by atoms with Crippen LogP contribution in [0.3, 0.4) is 0 Å². The van der Waals surface area contributed by atoms with Crippen LogP contribution < -0.4 is 4.90 Å². The molecule has 0 atom stereocenters. The Morgan fingerprint density at radius 2 is 1.75 bits per heavy atom. The summed E-state index contributed by atoms with van der Waals surface area (Å²) < 4.78 is 49.3. The van der Waals surface area contributed by atoms with E-state index in [2.05, 4.69) is 0 Å². The van der Waals surface area contributed by atoms with Crippen LogP contribution in [0.4, 0.5) is 23.2 Å². The van der Waals surface area contributed by atoms with Crippen molar-refractivity contribution in [2.75, 3.05) is 19.0 Å². The van der Waals surface area contributed by atoms with Gasteiger partial charge in [-0.25, -0.2) is 4.39 Å². The third-order valence-corrected chi connectivity index (χ3v) is 1.92. The largest absolute Gasteiger partial charge is 0.454 e. The van der Waals surface area contributed by atoms with Crippen LogP contribution in [0.5, 0.6) is 0 Å². The van der Waals surface area contributed by atoms with E-state index < -0.39 is 23.3 Å². The fourth-order valence-corrected chi connectivity index (χ4v) is 1.13. The molecule has 0 saturated heterocycles. The number of hydrogen-bond acceptors (Lipinski definition) is 2. The van der Waals surface area contributed by atoms with Crippen molar-refractivity contribution >= 4 is 11.5 Å². The molecule has 0 spiro atoms. The number of anilines is 1. The summed E-state index contributed by atoms with van der Waals surface area (Å²) in [5.41, 5.74) is -0.496. The lowest BCUT2D eigenvalue weighted by molar-refractivity contribution is -0.0885. The van der Waals surface area contributed by atoms with Gasteiger partial charge in [-0.15, -0.1) is 0 Å². The number of halogens is 4. The molecule has 0 amide bonds. The maximum Gasteiger partial charge on any atom is 0.454 e. The van der Waals surface area contributed by atoms with Gasteiger partial charge >= 0.3 is 6.18 Å². The molecule has 0 aliphatic heterocycles. The Morgan fingerprint density at radius 3 is 2.19 bits per heavy atom. The van der Waals surface area contributed by atoms with Crippen LogP contribution >= 0.6 is 0 Å². The molecule has 1 rings (SSSR count). The Hall–Kier alpha value is -1.59. The first-order valence-electron chi connectivity index (χ1n) is 4.31. The lowest BCUT2D eigenvalue weighted by atomic mass is 10.1. The average molecular weight is 235 g/mol. The molecule has 0 heterocycles. The number of rotatable bonds is 2. The van der Waals surface area contributed by atoms with Crippen LogP contribution in [-0.2, 0) is 0 Å². The maximum atomic E-state index is 13.0. The zero-order valence-electron chi connectivity index (χ0n) is 8.60. The van der Waals surface area contributed by atoms with Crippen LogP contribution in [0.15, 0.2) is 18.2 Å². The van der Waals surface area contributed by atoms with Crippen molar-refractivity contribution in [3.05, 3.63) is 29.6 Å². The molecule has 0 aliphatic rings. The minimum atomic E-state index is -4.99. The highest BCUT2D eigenvalue weighted by Crippen LogP contribution is 2.24. The van der Waals surface area contributed by atoms with Gasteiger partial charge in [-0.3, -0.25) is 4.79 Å². The third-order valence-electron chi connectivity index (χ3n) is 1.92. The van der Waals surface area contributed by atoms with Crippen LogP contribution in [0.25, 0.3) is 0 Å². The molecule has 0 saturated carbocycles. The second kappa shape index (κ2) is 4.11. The normalized spacial score (nSPS) is 11.4. The molecular formula is C10H9F4NO. The molecule has 0 N–H and O–H groups in total. The van der Waals surface area contributed by atoms with Gasteiger partial charge in [0, 0.05) is 25.3 Å². The van der Waals surface area contributed by atoms with Crippen molar-refractivity contribution in [1.29, 1.82) is 0 Å². The topological polar surface area (TPSA) is 20.3 Å². The molecule has 0 bridgehead atoms. The van der Waals surface area contributed by atoms with Crippen LogP contribution in [-0.4, -0.2) is 26.1 Å². The molecule has 88 valence electrons. The number of carbonyl (C=O) groups is 1. The van der Waals surface area contributed by atoms with E-state index in [0.717, 1.165) is 12.1 Å². The van der Waals surface area contributed by atoms with Gasteiger partial charge in [-0.1, -0.05) is 0 Å². The summed E-state index contributed by atoms with van der Waals surface area (Å²) in [6.07, 6.45) is -4.99. The first-order chi connectivity index (χ1) is 7.21. The van der Waals surface area contributed by atoms with E-state index in [1.54, 1.807) is 0 Å². The Kier molecular flexibility index (Phi) is 3.21. The summed E-state index contributed by atoms with van der Waals surface area (Å²) in [6, 6.07) is 2.62. The Bertz CT molecular complexity index is 412. The number of carbonyl (C=O) groups excluding carboxylic acids is 1. The molecule has 0 radical (unpaired) electrons. The second-order valence-electron chi connectivity index (χ2n) is 3.42. The Balaban J connectivity index is 3.20. The van der Waals surface area contributed by atoms with E-state index in [1.165, 1.54) is 19.0 Å². The van der Waals surface area contributed by atoms with Crippen molar-refractivity contribution in [2.45, 2.75) is 6.18 Å². The van der Waals surface area contributed by atoms with E-state index in [-0.39, 0.29) is 5.69 Å². The maximum absolute atomic E-state index is 13.0. The zero-order valence-corrected chi connectivity index (χ0v) is 8.60. The van der Waals surface area contributed by atoms with Crippen molar-refractivity contribution in [1.82, 2.24) is 0 Å². The highest BCUT2D eigenvalue weighted by Gasteiger charge is 2.39. The van der Waals surface area contributed by atoms with E-state index in [1.807, 2.05) is 0 Å². The summed E-state index contributed by atoms with van der Waals surface area (Å²) in [7, 11) is 3.08. The summed E-state index contributed by atoms with van der Waals surface area (Å²) in [6.45, 7) is 0. The van der Waals surface area contributed by atoms with Gasteiger partial charge in [0.25, 0.3) is 5.78 Å². The van der Waals surface area contributed by atoms with Gasteiger partial charge in [0.1, 0.15) is 5.82 Å². The monoisotopic (exact) mass is 235 g/mol. The van der Waals surface area contributed by atoms with Gasteiger partial charge in [0.05, 0.1) is 0 Å². The standard InChI is InChI=1S/C10H9F4NO/c1-15(2)8-4-6(3-7(11)5-8)9(16)10(12,13)14/h3-5H,1-2H3. The SMILES string of the molecule is CN(C)c1cc(F)cc(C(=O)C(F)(F)F)c1. The molecule has 0 fully saturated rings. The Morgan fingerprint density at radius 1 is 1.19 bits per heavy atom. The molecule has 0 aliphatic carbocycles. The second-order valence-corrected chi connectivity index (χ2v) is 3.42. The molecule has 1 aromatic carbocycles. The lowest BCUT2D eigenvalue weighted by Crippen LogP contribution is -2.23. The molecule has 6 heteroatoms. The average Bonchev–Trinajstić information content (AvgIpc) is 2.14. The van der Waals surface area contributed by atoms with Crippen molar-refractivity contribution < 1.29 is 22.4 Å². The molecule has 1 aromatic rings. The van der Waals surface area contributed by atoms with Gasteiger partial charge in [0.15, 0.2) is 0 Å². The number of hydrogen-bond donors (Lipinski definition) is 0. The number of benzene rings is 1. The van der Waals surface area contributed by atoms with Gasteiger partial charge in [-0.2, -0.15) is 13.2 Å². The van der Waals surface area contributed by atoms with Crippen molar-refractivity contribution in [3.63, 3.8) is 0 Å². The molecule has 16 heavy (non-hydrogen) atoms. The van der Waals surface area contributed by atoms with Crippen LogP contribution in [0.1, 0.15) is 10.4 Å². The minimum absolute atomic E-state index is 0.201. The summed E-state index contributed by atoms with van der Waals surface area (Å²) in [4.78, 5) is 12.3. The number of ketones is 1. The Labute approximate surface area is 89.5 Å². The summed E-state index contributed by atoms with van der Waals surface area (Å²) >= 11 is 0. The molecule has 0 unspecified atom stereocenters. The van der Waals surface area contributed by atoms with Crippen molar-refractivity contribution in [3.8, 4) is 0 Å². The van der Waals surface area contributed by atoms with Crippen LogP contribution in [0.2, 0.25) is 0 Å². The summed E-state index contributed by atoms with van der Waals surface area (Å²) in [5.74, 6) is -2.92. The minimum Gasteiger partial charge on any atom is -0.378 e. The van der Waals surface area contributed by atoms with E-state index in [9.17, 15) is 22.4 Å². The fourth-order valence-electron chi connectivity index (χ4n) is 1.13. The predicted octanol–water partition coefficient (Wildman–Crippen LogP) is 2.64. The van der Waals surface area contributed by atoms with Gasteiger partial charge < -0.3 is 4.90 Å².